The lowest BCUT2D eigenvalue weighted by Crippen LogP contribution is -2.55. The fourth-order valence-electron chi connectivity index (χ4n) is 7.62. The first-order valence-corrected chi connectivity index (χ1v) is 13.7. The van der Waals surface area contributed by atoms with E-state index in [1.165, 1.54) is 38.2 Å². The molecule has 4 saturated carbocycles. The predicted molar refractivity (Wildman–Crippen MR) is 138 cm³/mol. The number of anilines is 1. The van der Waals surface area contributed by atoms with Gasteiger partial charge in [0.25, 0.3) is 0 Å². The number of hydrogen-bond donors (Lipinski definition) is 1. The Balaban J connectivity index is 1.14. The first kappa shape index (κ1) is 23.8. The monoisotopic (exact) mass is 509 g/mol. The van der Waals surface area contributed by atoms with Gasteiger partial charge in [-0.2, -0.15) is 0 Å². The van der Waals surface area contributed by atoms with Gasteiger partial charge in [0, 0.05) is 30.5 Å². The maximum Gasteiger partial charge on any atom is 0.241 e. The number of para-hydroxylation sites is 1. The largest absolute Gasteiger partial charge is 0.353 e. The highest BCUT2D eigenvalue weighted by Gasteiger charge is 2.48. The number of amides is 2. The van der Waals surface area contributed by atoms with Gasteiger partial charge < -0.3 is 5.32 Å². The van der Waals surface area contributed by atoms with E-state index in [9.17, 15) is 14.0 Å². The van der Waals surface area contributed by atoms with Gasteiger partial charge in [0.2, 0.25) is 11.8 Å². The molecule has 7 heteroatoms. The summed E-state index contributed by atoms with van der Waals surface area (Å²) in [6, 6.07) is 14.0. The minimum absolute atomic E-state index is 0.0416. The van der Waals surface area contributed by atoms with Crippen molar-refractivity contribution in [2.24, 2.45) is 23.7 Å². The Labute approximate surface area is 217 Å². The van der Waals surface area contributed by atoms with Gasteiger partial charge in [-0.15, -0.1) is 0 Å². The van der Waals surface area contributed by atoms with Gasteiger partial charge in [-0.1, -0.05) is 41.9 Å². The lowest BCUT2D eigenvalue weighted by Gasteiger charge is -2.54. The molecule has 1 aliphatic heterocycles. The summed E-state index contributed by atoms with van der Waals surface area (Å²) >= 11 is 6.49. The topological polar surface area (TPSA) is 52.7 Å². The van der Waals surface area contributed by atoms with Gasteiger partial charge in [-0.25, -0.2) is 4.39 Å². The Morgan fingerprint density at radius 2 is 1.58 bits per heavy atom. The number of nitrogens with one attached hydrogen (secondary N) is 1. The van der Waals surface area contributed by atoms with E-state index < -0.39 is 5.82 Å². The van der Waals surface area contributed by atoms with E-state index >= 15 is 0 Å². The second kappa shape index (κ2) is 9.70. The van der Waals surface area contributed by atoms with Crippen molar-refractivity contribution in [2.75, 3.05) is 11.6 Å². The van der Waals surface area contributed by atoms with E-state index in [1.807, 2.05) is 24.3 Å². The minimum atomic E-state index is -0.395. The zero-order valence-electron chi connectivity index (χ0n) is 20.4. The van der Waals surface area contributed by atoms with Crippen molar-refractivity contribution in [3.8, 4) is 0 Å². The Bertz CT molecular complexity index is 1130. The summed E-state index contributed by atoms with van der Waals surface area (Å²) < 4.78 is 14.9. The number of hydrogen-bond acceptors (Lipinski definition) is 3. The molecule has 2 aromatic rings. The third-order valence-corrected chi connectivity index (χ3v) is 9.29. The van der Waals surface area contributed by atoms with Crippen molar-refractivity contribution in [1.29, 1.82) is 0 Å². The Morgan fingerprint density at radius 3 is 2.28 bits per heavy atom. The highest BCUT2D eigenvalue weighted by Crippen LogP contribution is 2.53. The van der Waals surface area contributed by atoms with E-state index in [-0.39, 0.29) is 36.7 Å². The van der Waals surface area contributed by atoms with Crippen LogP contribution in [0.15, 0.2) is 48.5 Å². The summed E-state index contributed by atoms with van der Waals surface area (Å²) in [5, 5.41) is 7.22. The number of rotatable bonds is 6. The van der Waals surface area contributed by atoms with Crippen molar-refractivity contribution >= 4 is 29.1 Å². The van der Waals surface area contributed by atoms with Crippen LogP contribution < -0.4 is 10.3 Å². The van der Waals surface area contributed by atoms with Crippen molar-refractivity contribution < 1.29 is 14.0 Å². The molecule has 4 aliphatic carbocycles. The molecular formula is C29H33ClFN3O2. The molecule has 2 aromatic carbocycles. The summed E-state index contributed by atoms with van der Waals surface area (Å²) in [5.41, 5.74) is 1.20. The third-order valence-electron chi connectivity index (χ3n) is 8.94. The predicted octanol–water partition coefficient (Wildman–Crippen LogP) is 5.90. The zero-order valence-corrected chi connectivity index (χ0v) is 21.2. The number of nitrogens with zero attached hydrogens (tertiary/aromatic N) is 2. The summed E-state index contributed by atoms with van der Waals surface area (Å²) in [6.45, 7) is 0.445. The van der Waals surface area contributed by atoms with Gasteiger partial charge >= 0.3 is 0 Å². The molecule has 1 atom stereocenters. The first-order valence-electron chi connectivity index (χ1n) is 13.4. The van der Waals surface area contributed by atoms with Crippen molar-refractivity contribution in [3.05, 3.63) is 64.9 Å². The van der Waals surface area contributed by atoms with Crippen molar-refractivity contribution in [3.63, 3.8) is 0 Å². The van der Waals surface area contributed by atoms with Crippen LogP contribution in [-0.2, 0) is 9.59 Å². The molecule has 2 amide bonds. The normalized spacial score (nSPS) is 30.6. The molecule has 36 heavy (non-hydrogen) atoms. The maximum absolute atomic E-state index is 14.9. The molecule has 5 nitrogen and oxygen atoms in total. The van der Waals surface area contributed by atoms with Crippen LogP contribution in [0.2, 0.25) is 5.02 Å². The molecular weight excluding hydrogens is 477 g/mol. The van der Waals surface area contributed by atoms with Crippen LogP contribution in [0, 0.1) is 29.5 Å². The molecule has 7 rings (SSSR count). The summed E-state index contributed by atoms with van der Waals surface area (Å²) in [7, 11) is 0. The third kappa shape index (κ3) is 4.38. The molecule has 1 N–H and O–H groups in total. The number of benzene rings is 2. The second-order valence-corrected chi connectivity index (χ2v) is 11.6. The molecule has 0 aromatic heterocycles. The van der Waals surface area contributed by atoms with Gasteiger partial charge in [-0.3, -0.25) is 19.6 Å². The number of hydrazine groups is 1. The molecule has 0 spiro atoms. The van der Waals surface area contributed by atoms with Crippen molar-refractivity contribution in [2.45, 2.75) is 63.5 Å². The van der Waals surface area contributed by atoms with Crippen LogP contribution in [0.25, 0.3) is 0 Å². The van der Waals surface area contributed by atoms with Crippen LogP contribution in [0.5, 0.6) is 0 Å². The highest BCUT2D eigenvalue weighted by molar-refractivity contribution is 6.31. The standard InChI is InChI=1S/C29H33ClFN3O2/c30-23-6-2-1-5-22(23)25-11-12-33(34(25)26-8-4-3-7-24(26)31)28(36)10-9-27(35)32-29-20-14-18-13-19(16-20)17-21(29)15-18/h1-8,18-21,25,29H,9-17H2,(H,32,35). The second-order valence-electron chi connectivity index (χ2n) is 11.2. The SMILES string of the molecule is O=C(CCC(=O)N1CCC(c2ccccc2Cl)N1c1ccccc1F)NC1C2CC3CC(C2)CC1C3. The maximum atomic E-state index is 14.9. The fourth-order valence-corrected chi connectivity index (χ4v) is 7.89. The smallest absolute Gasteiger partial charge is 0.241 e. The van der Waals surface area contributed by atoms with Gasteiger partial charge in [0.1, 0.15) is 5.82 Å². The number of carbonyl (C=O) groups excluding carboxylic acids is 2. The molecule has 1 heterocycles. The van der Waals surface area contributed by atoms with Crippen LogP contribution in [0.1, 0.15) is 63.0 Å². The minimum Gasteiger partial charge on any atom is -0.353 e. The van der Waals surface area contributed by atoms with Gasteiger partial charge in [0.05, 0.1) is 11.7 Å². The molecule has 190 valence electrons. The molecule has 1 saturated heterocycles. The lowest BCUT2D eigenvalue weighted by atomic mass is 9.54. The number of halogens is 2. The Kier molecular flexibility index (Phi) is 6.40. The Hall–Kier alpha value is -2.60. The van der Waals surface area contributed by atoms with E-state index in [2.05, 4.69) is 5.32 Å². The van der Waals surface area contributed by atoms with E-state index in [0.29, 0.717) is 35.5 Å². The molecule has 0 radical (unpaired) electrons. The summed E-state index contributed by atoms with van der Waals surface area (Å²) in [6.07, 6.45) is 7.23. The van der Waals surface area contributed by atoms with E-state index in [4.69, 9.17) is 11.6 Å². The van der Waals surface area contributed by atoms with Gasteiger partial charge in [-0.05, 0) is 86.0 Å². The van der Waals surface area contributed by atoms with Gasteiger partial charge in [0.15, 0.2) is 0 Å². The van der Waals surface area contributed by atoms with E-state index in [1.54, 1.807) is 28.2 Å². The highest BCUT2D eigenvalue weighted by atomic mass is 35.5. The lowest BCUT2D eigenvalue weighted by molar-refractivity contribution is -0.134. The first-order chi connectivity index (χ1) is 17.5. The van der Waals surface area contributed by atoms with Crippen LogP contribution in [0.4, 0.5) is 10.1 Å². The van der Waals surface area contributed by atoms with Crippen LogP contribution in [0.3, 0.4) is 0 Å². The molecule has 5 fully saturated rings. The molecule has 1 unspecified atom stereocenters. The number of carbonyl (C=O) groups is 2. The zero-order chi connectivity index (χ0) is 24.8. The van der Waals surface area contributed by atoms with Crippen LogP contribution in [-0.4, -0.2) is 29.4 Å². The van der Waals surface area contributed by atoms with E-state index in [0.717, 1.165) is 17.4 Å². The molecule has 4 bridgehead atoms. The summed E-state index contributed by atoms with van der Waals surface area (Å²) in [4.78, 5) is 26.3. The Morgan fingerprint density at radius 1 is 0.917 bits per heavy atom. The van der Waals surface area contributed by atoms with Crippen molar-refractivity contribution in [1.82, 2.24) is 10.3 Å². The average Bonchev–Trinajstić information content (AvgIpc) is 3.29. The average molecular weight is 510 g/mol. The quantitative estimate of drug-likeness (QED) is 0.528. The van der Waals surface area contributed by atoms with Crippen LogP contribution >= 0.6 is 11.6 Å². The molecule has 5 aliphatic rings. The fraction of sp³-hybridized carbons (Fsp3) is 0.517. The summed E-state index contributed by atoms with van der Waals surface area (Å²) in [5.74, 6) is 2.31.